The Hall–Kier alpha value is -0.940. The number of alkyl halides is 3. The van der Waals surface area contributed by atoms with Crippen molar-refractivity contribution in [1.29, 1.82) is 0 Å². The maximum atomic E-state index is 12.7. The van der Waals surface area contributed by atoms with Gasteiger partial charge in [0.25, 0.3) is 0 Å². The van der Waals surface area contributed by atoms with Crippen molar-refractivity contribution in [2.75, 3.05) is 18.5 Å². The van der Waals surface area contributed by atoms with Gasteiger partial charge in [-0.2, -0.15) is 13.2 Å². The largest absolute Gasteiger partial charge is 0.418 e. The smallest absolute Gasteiger partial charge is 0.382 e. The fourth-order valence-corrected chi connectivity index (χ4v) is 1.56. The van der Waals surface area contributed by atoms with Gasteiger partial charge in [-0.25, -0.2) is 0 Å². The van der Waals surface area contributed by atoms with E-state index >= 15 is 0 Å². The second-order valence-electron chi connectivity index (χ2n) is 4.03. The third-order valence-corrected chi connectivity index (χ3v) is 2.39. The van der Waals surface area contributed by atoms with Crippen LogP contribution in [0.25, 0.3) is 0 Å². The predicted molar refractivity (Wildman–Crippen MR) is 66.0 cm³/mol. The molecule has 1 aromatic carbocycles. The molecule has 0 bridgehead atoms. The summed E-state index contributed by atoms with van der Waals surface area (Å²) in [6.45, 7) is 4.38. The molecule has 0 spiro atoms. The van der Waals surface area contributed by atoms with Crippen LogP contribution < -0.4 is 5.32 Å². The number of hydrogen-bond donors (Lipinski definition) is 1. The Morgan fingerprint density at radius 3 is 2.56 bits per heavy atom. The molecule has 0 heterocycles. The van der Waals surface area contributed by atoms with E-state index in [0.29, 0.717) is 13.2 Å². The van der Waals surface area contributed by atoms with Crippen LogP contribution in [0.2, 0.25) is 5.02 Å². The molecule has 0 fully saturated rings. The van der Waals surface area contributed by atoms with E-state index in [4.69, 9.17) is 16.3 Å². The molecule has 102 valence electrons. The Labute approximate surface area is 109 Å². The lowest BCUT2D eigenvalue weighted by Crippen LogP contribution is -2.16. The summed E-state index contributed by atoms with van der Waals surface area (Å²) in [5.74, 6) is 0. The summed E-state index contributed by atoms with van der Waals surface area (Å²) in [5.41, 5.74) is -0.751. The summed E-state index contributed by atoms with van der Waals surface area (Å²) in [6, 6.07) is 3.65. The molecule has 0 radical (unpaired) electrons. The van der Waals surface area contributed by atoms with E-state index in [0.717, 1.165) is 6.07 Å². The lowest BCUT2D eigenvalue weighted by atomic mass is 10.1. The second kappa shape index (κ2) is 6.29. The minimum absolute atomic E-state index is 0.0132. The lowest BCUT2D eigenvalue weighted by Gasteiger charge is -2.15. The molecule has 1 N–H and O–H groups in total. The lowest BCUT2D eigenvalue weighted by molar-refractivity contribution is -0.137. The molecule has 0 amide bonds. The highest BCUT2D eigenvalue weighted by atomic mass is 35.5. The van der Waals surface area contributed by atoms with Gasteiger partial charge in [0.15, 0.2) is 0 Å². The predicted octanol–water partition coefficient (Wildman–Crippen LogP) is 4.20. The fourth-order valence-electron chi connectivity index (χ4n) is 1.39. The summed E-state index contributed by atoms with van der Waals surface area (Å²) >= 11 is 5.57. The van der Waals surface area contributed by atoms with Crippen molar-refractivity contribution >= 4 is 17.3 Å². The summed E-state index contributed by atoms with van der Waals surface area (Å²) in [6.07, 6.45) is -4.37. The zero-order valence-corrected chi connectivity index (χ0v) is 10.9. The van der Waals surface area contributed by atoms with Gasteiger partial charge in [0.2, 0.25) is 0 Å². The zero-order valence-electron chi connectivity index (χ0n) is 10.1. The third kappa shape index (κ3) is 4.74. The Morgan fingerprint density at radius 2 is 2.00 bits per heavy atom. The van der Waals surface area contributed by atoms with Crippen molar-refractivity contribution in [2.45, 2.75) is 26.1 Å². The van der Waals surface area contributed by atoms with Gasteiger partial charge in [0.1, 0.15) is 0 Å². The average molecular weight is 282 g/mol. The molecule has 18 heavy (non-hydrogen) atoms. The number of benzene rings is 1. The minimum Gasteiger partial charge on any atom is -0.382 e. The Morgan fingerprint density at radius 1 is 1.33 bits per heavy atom. The molecule has 0 saturated carbocycles. The van der Waals surface area contributed by atoms with Crippen molar-refractivity contribution in [3.63, 3.8) is 0 Å². The van der Waals surface area contributed by atoms with Crippen LogP contribution >= 0.6 is 11.6 Å². The molecule has 0 unspecified atom stereocenters. The summed E-state index contributed by atoms with van der Waals surface area (Å²) < 4.78 is 43.5. The fraction of sp³-hybridized carbons (Fsp3) is 0.500. The summed E-state index contributed by atoms with van der Waals surface area (Å²) in [4.78, 5) is 0. The van der Waals surface area contributed by atoms with E-state index < -0.39 is 11.7 Å². The number of rotatable bonds is 5. The van der Waals surface area contributed by atoms with Crippen molar-refractivity contribution in [1.82, 2.24) is 0 Å². The van der Waals surface area contributed by atoms with E-state index in [2.05, 4.69) is 5.32 Å². The monoisotopic (exact) mass is 281 g/mol. The van der Waals surface area contributed by atoms with Crippen LogP contribution in [-0.4, -0.2) is 19.3 Å². The minimum atomic E-state index is -4.42. The Kier molecular flexibility index (Phi) is 5.28. The van der Waals surface area contributed by atoms with Crippen LogP contribution in [0, 0.1) is 0 Å². The highest BCUT2D eigenvalue weighted by Gasteiger charge is 2.33. The van der Waals surface area contributed by atoms with Crippen molar-refractivity contribution < 1.29 is 17.9 Å². The molecule has 0 atom stereocenters. The summed E-state index contributed by atoms with van der Waals surface area (Å²) in [7, 11) is 0. The van der Waals surface area contributed by atoms with Gasteiger partial charge >= 0.3 is 6.18 Å². The number of hydrogen-bond acceptors (Lipinski definition) is 2. The summed E-state index contributed by atoms with van der Waals surface area (Å²) in [5, 5.41) is 2.76. The van der Waals surface area contributed by atoms with Crippen LogP contribution in [0.5, 0.6) is 0 Å². The third-order valence-electron chi connectivity index (χ3n) is 2.16. The SMILES string of the molecule is CC(C)OCCNc1ccc(Cl)cc1C(F)(F)F. The molecule has 0 aromatic heterocycles. The van der Waals surface area contributed by atoms with Gasteiger partial charge in [-0.05, 0) is 32.0 Å². The van der Waals surface area contributed by atoms with E-state index in [1.54, 1.807) is 0 Å². The first-order chi connectivity index (χ1) is 8.30. The van der Waals surface area contributed by atoms with Crippen LogP contribution in [0.3, 0.4) is 0 Å². The standard InChI is InChI=1S/C12H15ClF3NO/c1-8(2)18-6-5-17-11-4-3-9(13)7-10(11)12(14,15)16/h3-4,7-8,17H,5-6H2,1-2H3. The van der Waals surface area contributed by atoms with E-state index in [9.17, 15) is 13.2 Å². The molecular weight excluding hydrogens is 267 g/mol. The molecule has 1 rings (SSSR count). The first kappa shape index (κ1) is 15.1. The maximum Gasteiger partial charge on any atom is 0.418 e. The van der Waals surface area contributed by atoms with Gasteiger partial charge in [-0.3, -0.25) is 0 Å². The molecule has 0 aliphatic carbocycles. The second-order valence-corrected chi connectivity index (χ2v) is 4.47. The Balaban J connectivity index is 2.70. The highest BCUT2D eigenvalue weighted by molar-refractivity contribution is 6.30. The van der Waals surface area contributed by atoms with Crippen LogP contribution in [0.4, 0.5) is 18.9 Å². The molecular formula is C12H15ClF3NO. The average Bonchev–Trinajstić information content (AvgIpc) is 2.24. The zero-order chi connectivity index (χ0) is 13.8. The van der Waals surface area contributed by atoms with Crippen LogP contribution in [0.1, 0.15) is 19.4 Å². The topological polar surface area (TPSA) is 21.3 Å². The van der Waals surface area contributed by atoms with Gasteiger partial charge in [0, 0.05) is 17.3 Å². The normalized spacial score (nSPS) is 11.9. The quantitative estimate of drug-likeness (QED) is 0.817. The van der Waals surface area contributed by atoms with Crippen molar-refractivity contribution in [3.8, 4) is 0 Å². The van der Waals surface area contributed by atoms with Crippen molar-refractivity contribution in [2.24, 2.45) is 0 Å². The number of anilines is 1. The van der Waals surface area contributed by atoms with Gasteiger partial charge < -0.3 is 10.1 Å². The van der Waals surface area contributed by atoms with Crippen LogP contribution in [0.15, 0.2) is 18.2 Å². The van der Waals surface area contributed by atoms with E-state index in [1.807, 2.05) is 13.8 Å². The molecule has 0 aliphatic heterocycles. The molecule has 0 saturated heterocycles. The van der Waals surface area contributed by atoms with E-state index in [-0.39, 0.29) is 16.8 Å². The van der Waals surface area contributed by atoms with Gasteiger partial charge in [0.05, 0.1) is 18.3 Å². The molecule has 1 aromatic rings. The van der Waals surface area contributed by atoms with Crippen LogP contribution in [-0.2, 0) is 10.9 Å². The molecule has 0 aliphatic rings. The first-order valence-electron chi connectivity index (χ1n) is 5.53. The number of nitrogens with one attached hydrogen (secondary N) is 1. The van der Waals surface area contributed by atoms with E-state index in [1.165, 1.54) is 12.1 Å². The molecule has 6 heteroatoms. The number of halogens is 4. The Bertz CT molecular complexity index is 393. The van der Waals surface area contributed by atoms with Gasteiger partial charge in [-0.15, -0.1) is 0 Å². The highest BCUT2D eigenvalue weighted by Crippen LogP contribution is 2.36. The number of ether oxygens (including phenoxy) is 1. The maximum absolute atomic E-state index is 12.7. The molecule has 2 nitrogen and oxygen atoms in total. The first-order valence-corrected chi connectivity index (χ1v) is 5.90. The van der Waals surface area contributed by atoms with Gasteiger partial charge in [-0.1, -0.05) is 11.6 Å². The van der Waals surface area contributed by atoms with Crippen molar-refractivity contribution in [3.05, 3.63) is 28.8 Å².